The molecule has 30 heteroatoms. The first-order valence-corrected chi connectivity index (χ1v) is 35.4. The number of aromatic hydroxyl groups is 1. The number of phenolic OH excluding ortho intramolecular Hbond substituents is 1. The number of pyridine rings is 1. The Bertz CT molecular complexity index is 4250. The van der Waals surface area contributed by atoms with Crippen LogP contribution in [0.2, 0.25) is 0 Å². The van der Waals surface area contributed by atoms with E-state index < -0.39 is 71.8 Å². The summed E-state index contributed by atoms with van der Waals surface area (Å²) in [6.07, 6.45) is -0.297. The van der Waals surface area contributed by atoms with Gasteiger partial charge in [-0.25, -0.2) is 34.9 Å². The fraction of sp³-hybridized carbons (Fsp3) is 0.349. The molecular weight excluding hydrogens is 1300 g/mol. The molecule has 0 aliphatic carbocycles. The maximum atomic E-state index is 15.2. The first kappa shape index (κ1) is 63.6. The van der Waals surface area contributed by atoms with Crippen LogP contribution in [0, 0.1) is 12.8 Å². The smallest absolute Gasteiger partial charge is 0.273 e. The van der Waals surface area contributed by atoms with Crippen LogP contribution < -0.4 is 21.7 Å². The molecule has 11 heterocycles. The lowest BCUT2D eigenvalue weighted by Gasteiger charge is -2.35. The number of rotatable bonds is 11. The Morgan fingerprint density at radius 3 is 2.02 bits per heavy atom. The second kappa shape index (κ2) is 27.4. The molecule has 13 rings (SSSR count). The van der Waals surface area contributed by atoms with E-state index in [0.29, 0.717) is 83.2 Å². The van der Waals surface area contributed by atoms with Crippen LogP contribution in [0.15, 0.2) is 93.6 Å². The highest BCUT2D eigenvalue weighted by Gasteiger charge is 2.46. The number of nitrogens with one attached hydrogen (secondary N) is 3. The zero-order valence-electron chi connectivity index (χ0n) is 50.2. The second-order valence-electron chi connectivity index (χ2n) is 23.2. The molecule has 6 amide bonds. The van der Waals surface area contributed by atoms with Crippen molar-refractivity contribution in [3.63, 3.8) is 0 Å². The third-order valence-electron chi connectivity index (χ3n) is 17.0. The Kier molecular flexibility index (Phi) is 18.7. The van der Waals surface area contributed by atoms with Crippen molar-refractivity contribution in [1.82, 2.24) is 70.4 Å². The molecular formula is C63H63N15O9S6. The predicted molar refractivity (Wildman–Crippen MR) is 354 cm³/mol. The summed E-state index contributed by atoms with van der Waals surface area (Å²) in [6, 6.07) is 14.0. The standard InChI is InChI=1S/C63H63N15O9S6/c1-32-46(80)26-78-51(32)61-71-44(30-92-61)58-68-41(27-89-58)49-37(14-15-38(65-49)57-72-45(31-90-57)62(86)77-22-20-76(21-23-77)19-18-75-16-6-7-17-75)56-69-42(28-88-56)53(83)66-39(25-47(64)81)59-74-48(33(2)93-59)55(85)73-50(52(82)35-8-4-3-5-9-35)60-70-43(29-91-60)54(84)67-40(63(78)87)24-34-10-12-36(79)13-11-34/h3-5,8-15,27-32,39-40,46,50-52,79-80,82H,6-7,16-26H2,1-2H3,(H2,64,81)(H,66,83)(H,67,84)(H,73,85)/t32-,39-,40?,46-,50-,51-,52+/m0/s1. The predicted octanol–water partition coefficient (Wildman–Crippen LogP) is 7.14. The van der Waals surface area contributed by atoms with Crippen LogP contribution in [-0.4, -0.2) is 176 Å². The lowest BCUT2D eigenvalue weighted by Crippen LogP contribution is -2.50. The lowest BCUT2D eigenvalue weighted by atomic mass is 10.00. The number of aliphatic hydroxyl groups is 2. The summed E-state index contributed by atoms with van der Waals surface area (Å²) in [4.78, 5) is 128. The molecule has 480 valence electrons. The highest BCUT2D eigenvalue weighted by molar-refractivity contribution is 7.15. The Morgan fingerprint density at radius 2 is 1.27 bits per heavy atom. The number of benzene rings is 2. The van der Waals surface area contributed by atoms with Crippen LogP contribution in [0.1, 0.15) is 123 Å². The fourth-order valence-electron chi connectivity index (χ4n) is 11.9. The Hall–Kier alpha value is -8.17. The van der Waals surface area contributed by atoms with E-state index in [-0.39, 0.29) is 58.1 Å². The number of nitrogens with zero attached hydrogens (tertiary/aromatic N) is 11. The number of hydrogen-bond acceptors (Lipinski definition) is 24. The van der Waals surface area contributed by atoms with E-state index in [4.69, 9.17) is 30.7 Å². The summed E-state index contributed by atoms with van der Waals surface area (Å²) in [5.41, 5.74) is 9.23. The van der Waals surface area contributed by atoms with E-state index in [2.05, 4.69) is 35.7 Å². The molecule has 8 N–H and O–H groups in total. The van der Waals surface area contributed by atoms with Gasteiger partial charge in [-0.3, -0.25) is 33.7 Å². The number of likely N-dealkylation sites (tertiary alicyclic amines) is 1. The van der Waals surface area contributed by atoms with Gasteiger partial charge in [0, 0.05) is 95.5 Å². The molecule has 1 unspecified atom stereocenters. The Labute approximate surface area is 557 Å². The Balaban J connectivity index is 0.862. The van der Waals surface area contributed by atoms with E-state index in [0.717, 1.165) is 61.9 Å². The SMILES string of the molecule is Cc1sc2nc1C(=O)N[C@@H]([C@H](O)c1ccccc1)c1nc(cs1)C(=O)NC(Cc1ccc(O)cc1)C(=O)N1C[C@H](O)[C@H](C)[C@H]1c1nc(cs1)-c1nc(cs1)-c1nc(-c3nc(C(=O)N4CCN(CCN5CCCC5)CC4)cs3)ccc1-c1nc(cs1)C(=O)N[C@H]2CC(N)=O. The first-order valence-electron chi connectivity index (χ1n) is 30.2. The molecule has 4 aliphatic rings. The topological polar surface area (TPSA) is 328 Å². The molecule has 10 bridgehead atoms. The highest BCUT2D eigenvalue weighted by Crippen LogP contribution is 2.43. The van der Waals surface area contributed by atoms with Crippen LogP contribution in [0.3, 0.4) is 0 Å². The number of phenols is 1. The van der Waals surface area contributed by atoms with Crippen LogP contribution in [0.25, 0.3) is 43.4 Å². The van der Waals surface area contributed by atoms with Crippen molar-refractivity contribution in [3.8, 4) is 49.1 Å². The van der Waals surface area contributed by atoms with Gasteiger partial charge in [-0.15, -0.1) is 68.0 Å². The third-order valence-corrected chi connectivity index (χ3v) is 22.6. The van der Waals surface area contributed by atoms with Gasteiger partial charge >= 0.3 is 0 Å². The van der Waals surface area contributed by atoms with Gasteiger partial charge in [0.25, 0.3) is 23.6 Å². The number of aliphatic hydroxyl groups excluding tert-OH is 2. The van der Waals surface area contributed by atoms with Gasteiger partial charge in [0.2, 0.25) is 11.8 Å². The molecule has 7 atom stereocenters. The minimum absolute atomic E-state index is 0.00105. The maximum Gasteiger partial charge on any atom is 0.273 e. The number of fused-ring (bicyclic) bond motifs is 16. The number of amides is 6. The van der Waals surface area contributed by atoms with Crippen molar-refractivity contribution in [2.24, 2.45) is 11.7 Å². The fourth-order valence-corrected chi connectivity index (χ4v) is 17.2. The van der Waals surface area contributed by atoms with Gasteiger partial charge in [0.05, 0.1) is 30.3 Å². The Morgan fingerprint density at radius 1 is 0.634 bits per heavy atom. The van der Waals surface area contributed by atoms with E-state index in [1.807, 2.05) is 28.7 Å². The molecule has 9 aromatic rings. The number of hydrogen-bond donors (Lipinski definition) is 7. The summed E-state index contributed by atoms with van der Waals surface area (Å²) >= 11 is 7.12. The van der Waals surface area contributed by atoms with Crippen molar-refractivity contribution in [3.05, 3.63) is 147 Å². The molecule has 7 aromatic heterocycles. The molecule has 0 radical (unpaired) electrons. The number of aryl methyl sites for hydroxylation is 1. The number of piperazine rings is 1. The summed E-state index contributed by atoms with van der Waals surface area (Å²) in [5.74, 6) is -4.08. The molecule has 0 spiro atoms. The van der Waals surface area contributed by atoms with Crippen LogP contribution >= 0.6 is 68.0 Å². The van der Waals surface area contributed by atoms with Crippen molar-refractivity contribution in [2.75, 3.05) is 58.9 Å². The molecule has 4 aliphatic heterocycles. The third kappa shape index (κ3) is 13.8. The summed E-state index contributed by atoms with van der Waals surface area (Å²) in [7, 11) is 0. The van der Waals surface area contributed by atoms with Crippen molar-refractivity contribution < 1.29 is 44.1 Å². The average Bonchev–Trinajstić information content (AvgIpc) is 1.74. The zero-order valence-corrected chi connectivity index (χ0v) is 55.1. The minimum atomic E-state index is -1.41. The van der Waals surface area contributed by atoms with Gasteiger partial charge in [0.1, 0.15) is 93.8 Å². The number of primary amides is 1. The zero-order chi connectivity index (χ0) is 64.6. The molecule has 3 saturated heterocycles. The second-order valence-corrected chi connectivity index (χ2v) is 28.8. The van der Waals surface area contributed by atoms with Gasteiger partial charge in [-0.1, -0.05) is 49.4 Å². The highest BCUT2D eigenvalue weighted by atomic mass is 32.1. The monoisotopic (exact) mass is 1370 g/mol. The van der Waals surface area contributed by atoms with Crippen molar-refractivity contribution in [1.29, 1.82) is 0 Å². The van der Waals surface area contributed by atoms with Crippen molar-refractivity contribution in [2.45, 2.75) is 75.9 Å². The summed E-state index contributed by atoms with van der Waals surface area (Å²) < 4.78 is 0. The van der Waals surface area contributed by atoms with Crippen LogP contribution in [-0.2, 0) is 16.0 Å². The van der Waals surface area contributed by atoms with Gasteiger partial charge < -0.3 is 51.7 Å². The number of carbonyl (C=O) groups is 6. The molecule has 2 aromatic carbocycles. The first-order chi connectivity index (χ1) is 45.0. The summed E-state index contributed by atoms with van der Waals surface area (Å²) in [5, 5.41) is 53.1. The van der Waals surface area contributed by atoms with E-state index >= 15 is 4.79 Å². The minimum Gasteiger partial charge on any atom is -0.508 e. The number of aromatic nitrogens is 7. The van der Waals surface area contributed by atoms with E-state index in [1.165, 1.54) is 80.6 Å². The van der Waals surface area contributed by atoms with Gasteiger partial charge in [0.15, 0.2) is 0 Å². The quantitative estimate of drug-likeness (QED) is 0.0676. The normalized spacial score (nSPS) is 21.2. The van der Waals surface area contributed by atoms with E-state index in [9.17, 15) is 39.3 Å². The van der Waals surface area contributed by atoms with Crippen LogP contribution in [0.4, 0.5) is 0 Å². The largest absolute Gasteiger partial charge is 0.508 e. The van der Waals surface area contributed by atoms with Gasteiger partial charge in [-0.2, -0.15) is 0 Å². The van der Waals surface area contributed by atoms with E-state index in [1.54, 1.807) is 66.2 Å². The molecule has 0 saturated carbocycles. The molecule has 24 nitrogen and oxygen atoms in total. The van der Waals surface area contributed by atoms with Crippen molar-refractivity contribution >= 4 is 103 Å². The average molecular weight is 1370 g/mol. The summed E-state index contributed by atoms with van der Waals surface area (Å²) in [6.45, 7) is 10.5. The number of thiazole rings is 6. The number of nitrogens with two attached hydrogens (primary N) is 1. The van der Waals surface area contributed by atoms with Gasteiger partial charge in [-0.05, 0) is 68.2 Å². The lowest BCUT2D eigenvalue weighted by molar-refractivity contribution is -0.134. The number of carbonyl (C=O) groups excluding carboxylic acids is 6. The van der Waals surface area contributed by atoms with Crippen LogP contribution in [0.5, 0.6) is 5.75 Å². The molecule has 93 heavy (non-hydrogen) atoms. The maximum absolute atomic E-state index is 15.2. The molecule has 3 fully saturated rings.